The average molecular weight is 252 g/mol. The molecule has 0 fully saturated rings. The van der Waals surface area contributed by atoms with Crippen molar-refractivity contribution in [3.63, 3.8) is 0 Å². The maximum absolute atomic E-state index is 11.1. The number of carbonyl (C=O) groups is 1. The number of benzene rings is 1. The molecule has 0 saturated heterocycles. The molecule has 5 heteroatoms. The number of hydrogen-bond acceptors (Lipinski definition) is 5. The van der Waals surface area contributed by atoms with Crippen LogP contribution in [0.4, 0.5) is 5.69 Å². The van der Waals surface area contributed by atoms with Crippen molar-refractivity contribution in [2.45, 2.75) is 19.8 Å². The van der Waals surface area contributed by atoms with Crippen LogP contribution in [-0.4, -0.2) is 26.2 Å². The molecule has 0 aliphatic heterocycles. The predicted octanol–water partition coefficient (Wildman–Crippen LogP) is 1.72. The molecule has 0 saturated carbocycles. The van der Waals surface area contributed by atoms with Crippen LogP contribution in [0, 0.1) is 0 Å². The highest BCUT2D eigenvalue weighted by Gasteiger charge is 2.08. The Morgan fingerprint density at radius 3 is 2.89 bits per heavy atom. The molecular formula is C13H20N2O3. The van der Waals surface area contributed by atoms with Crippen LogP contribution in [0.1, 0.15) is 19.8 Å². The van der Waals surface area contributed by atoms with Gasteiger partial charge in [0.15, 0.2) is 0 Å². The number of hydrogen-bond donors (Lipinski definition) is 1. The number of nitrogens with two attached hydrogens (primary N) is 1. The molecule has 0 heterocycles. The summed E-state index contributed by atoms with van der Waals surface area (Å²) in [5, 5.41) is 1.33. The maximum atomic E-state index is 11.1. The lowest BCUT2D eigenvalue weighted by atomic mass is 10.3. The van der Waals surface area contributed by atoms with E-state index in [2.05, 4.69) is 11.7 Å². The van der Waals surface area contributed by atoms with Crippen LogP contribution in [0.3, 0.4) is 0 Å². The minimum absolute atomic E-state index is 0.00884. The predicted molar refractivity (Wildman–Crippen MR) is 70.4 cm³/mol. The summed E-state index contributed by atoms with van der Waals surface area (Å²) < 4.78 is 10.1. The van der Waals surface area contributed by atoms with E-state index < -0.39 is 0 Å². The van der Waals surface area contributed by atoms with Crippen molar-refractivity contribution in [2.24, 2.45) is 5.84 Å². The third-order valence-electron chi connectivity index (χ3n) is 2.44. The third-order valence-corrected chi connectivity index (χ3v) is 2.44. The molecule has 0 spiro atoms. The molecular weight excluding hydrogens is 232 g/mol. The molecule has 0 radical (unpaired) electrons. The van der Waals surface area contributed by atoms with E-state index >= 15 is 0 Å². The summed E-state index contributed by atoms with van der Waals surface area (Å²) in [5.41, 5.74) is 0.717. The Labute approximate surface area is 107 Å². The van der Waals surface area contributed by atoms with Crippen molar-refractivity contribution in [2.75, 3.05) is 25.3 Å². The average Bonchev–Trinajstić information content (AvgIpc) is 2.39. The topological polar surface area (TPSA) is 64.8 Å². The van der Waals surface area contributed by atoms with Crippen molar-refractivity contribution < 1.29 is 14.3 Å². The van der Waals surface area contributed by atoms with Crippen LogP contribution in [0.2, 0.25) is 0 Å². The molecule has 0 unspecified atom stereocenters. The second kappa shape index (κ2) is 7.55. The number of nitrogens with zero attached hydrogens (tertiary/aromatic N) is 1. The first kappa shape index (κ1) is 14.3. The van der Waals surface area contributed by atoms with E-state index in [9.17, 15) is 4.79 Å². The van der Waals surface area contributed by atoms with Gasteiger partial charge in [0.05, 0.1) is 19.4 Å². The summed E-state index contributed by atoms with van der Waals surface area (Å²) >= 11 is 0. The van der Waals surface area contributed by atoms with Crippen molar-refractivity contribution in [1.29, 1.82) is 0 Å². The van der Waals surface area contributed by atoms with Gasteiger partial charge in [-0.05, 0) is 18.6 Å². The summed E-state index contributed by atoms with van der Waals surface area (Å²) in [7, 11) is 1.33. The van der Waals surface area contributed by atoms with Crippen LogP contribution in [0.25, 0.3) is 0 Å². The first-order valence-corrected chi connectivity index (χ1v) is 5.99. The minimum atomic E-state index is -0.380. The molecule has 0 aliphatic carbocycles. The zero-order valence-corrected chi connectivity index (χ0v) is 10.9. The van der Waals surface area contributed by atoms with E-state index in [0.29, 0.717) is 6.61 Å². The van der Waals surface area contributed by atoms with Gasteiger partial charge in [0.2, 0.25) is 0 Å². The van der Waals surface area contributed by atoms with Crippen molar-refractivity contribution in [3.05, 3.63) is 24.3 Å². The number of esters is 1. The lowest BCUT2D eigenvalue weighted by Gasteiger charge is -2.18. The second-order valence-electron chi connectivity index (χ2n) is 3.90. The van der Waals surface area contributed by atoms with E-state index in [0.717, 1.165) is 24.3 Å². The number of anilines is 1. The number of ether oxygens (including phenoxy) is 2. The van der Waals surface area contributed by atoms with Gasteiger partial charge in [0.25, 0.3) is 0 Å². The zero-order valence-electron chi connectivity index (χ0n) is 10.9. The largest absolute Gasteiger partial charge is 0.494 e. The van der Waals surface area contributed by atoms with E-state index in [1.165, 1.54) is 12.1 Å². The van der Waals surface area contributed by atoms with Crippen molar-refractivity contribution >= 4 is 11.7 Å². The minimum Gasteiger partial charge on any atom is -0.494 e. The summed E-state index contributed by atoms with van der Waals surface area (Å²) in [6.45, 7) is 2.80. The summed E-state index contributed by atoms with van der Waals surface area (Å²) in [6.07, 6.45) is 2.10. The van der Waals surface area contributed by atoms with Gasteiger partial charge in [-0.25, -0.2) is 5.84 Å². The number of rotatable bonds is 7. The van der Waals surface area contributed by atoms with E-state index in [-0.39, 0.29) is 12.5 Å². The SMILES string of the molecule is CCCCOc1cccc(N(N)CC(=O)OC)c1. The van der Waals surface area contributed by atoms with Gasteiger partial charge >= 0.3 is 5.97 Å². The number of methoxy groups -OCH3 is 1. The molecule has 1 aromatic rings. The number of carbonyl (C=O) groups excluding carboxylic acids is 1. The fourth-order valence-electron chi connectivity index (χ4n) is 1.38. The summed E-state index contributed by atoms with van der Waals surface area (Å²) in [5.74, 6) is 6.14. The molecule has 100 valence electrons. The molecule has 1 rings (SSSR count). The Morgan fingerprint density at radius 1 is 1.44 bits per heavy atom. The zero-order chi connectivity index (χ0) is 13.4. The molecule has 18 heavy (non-hydrogen) atoms. The Bertz CT molecular complexity index is 382. The van der Waals surface area contributed by atoms with Crippen LogP contribution in [0.15, 0.2) is 24.3 Å². The second-order valence-corrected chi connectivity index (χ2v) is 3.90. The van der Waals surface area contributed by atoms with Crippen molar-refractivity contribution in [1.82, 2.24) is 0 Å². The van der Waals surface area contributed by atoms with Gasteiger partial charge < -0.3 is 9.47 Å². The van der Waals surface area contributed by atoms with Gasteiger partial charge in [-0.15, -0.1) is 0 Å². The smallest absolute Gasteiger partial charge is 0.326 e. The van der Waals surface area contributed by atoms with E-state index in [4.69, 9.17) is 10.6 Å². The molecule has 0 atom stereocenters. The van der Waals surface area contributed by atoms with Gasteiger partial charge in [-0.2, -0.15) is 0 Å². The molecule has 0 aromatic heterocycles. The normalized spacial score (nSPS) is 9.94. The maximum Gasteiger partial charge on any atom is 0.326 e. The molecule has 1 aromatic carbocycles. The Morgan fingerprint density at radius 2 is 2.22 bits per heavy atom. The lowest BCUT2D eigenvalue weighted by molar-refractivity contribution is -0.138. The van der Waals surface area contributed by atoms with Crippen LogP contribution >= 0.6 is 0 Å². The monoisotopic (exact) mass is 252 g/mol. The molecule has 5 nitrogen and oxygen atoms in total. The fourth-order valence-corrected chi connectivity index (χ4v) is 1.38. The van der Waals surface area contributed by atoms with Crippen LogP contribution in [-0.2, 0) is 9.53 Å². The molecule has 0 amide bonds. The van der Waals surface area contributed by atoms with Gasteiger partial charge in [-0.3, -0.25) is 9.80 Å². The lowest BCUT2D eigenvalue weighted by Crippen LogP contribution is -2.36. The molecule has 0 aliphatic rings. The highest BCUT2D eigenvalue weighted by Crippen LogP contribution is 2.19. The highest BCUT2D eigenvalue weighted by molar-refractivity contribution is 5.75. The van der Waals surface area contributed by atoms with Gasteiger partial charge in [0.1, 0.15) is 12.3 Å². The van der Waals surface area contributed by atoms with Crippen LogP contribution < -0.4 is 15.6 Å². The fraction of sp³-hybridized carbons (Fsp3) is 0.462. The standard InChI is InChI=1S/C13H20N2O3/c1-3-4-8-18-12-7-5-6-11(9-12)15(14)10-13(16)17-2/h5-7,9H,3-4,8,10,14H2,1-2H3. The van der Waals surface area contributed by atoms with E-state index in [1.54, 1.807) is 6.07 Å². The third kappa shape index (κ3) is 4.63. The molecule has 0 bridgehead atoms. The summed E-state index contributed by atoms with van der Waals surface area (Å²) in [4.78, 5) is 11.1. The first-order chi connectivity index (χ1) is 8.67. The Hall–Kier alpha value is -1.75. The summed E-state index contributed by atoms with van der Waals surface area (Å²) in [6, 6.07) is 7.33. The van der Waals surface area contributed by atoms with Gasteiger partial charge in [0, 0.05) is 6.07 Å². The van der Waals surface area contributed by atoms with Crippen LogP contribution in [0.5, 0.6) is 5.75 Å². The molecule has 2 N–H and O–H groups in total. The number of hydrazine groups is 1. The van der Waals surface area contributed by atoms with E-state index in [1.807, 2.05) is 18.2 Å². The Kier molecular flexibility index (Phi) is 6.00. The first-order valence-electron chi connectivity index (χ1n) is 5.99. The van der Waals surface area contributed by atoms with Crippen molar-refractivity contribution in [3.8, 4) is 5.75 Å². The van der Waals surface area contributed by atoms with Gasteiger partial charge in [-0.1, -0.05) is 19.4 Å². The quantitative estimate of drug-likeness (QED) is 0.346. The Balaban J connectivity index is 2.60. The highest BCUT2D eigenvalue weighted by atomic mass is 16.5. The number of unbranched alkanes of at least 4 members (excludes halogenated alkanes) is 1.